The lowest BCUT2D eigenvalue weighted by Crippen LogP contribution is -2.38. The maximum atomic E-state index is 11.9. The molecule has 1 heterocycles. The molecule has 3 heteroatoms. The number of nitrogens with one attached hydrogen (secondary N) is 2. The zero-order valence-corrected chi connectivity index (χ0v) is 11.6. The van der Waals surface area contributed by atoms with Crippen molar-refractivity contribution in [2.24, 2.45) is 11.3 Å². The predicted octanol–water partition coefficient (Wildman–Crippen LogP) is 2.32. The summed E-state index contributed by atoms with van der Waals surface area (Å²) in [6.07, 6.45) is 6.01. The number of carbonyl (C=O) groups excluding carboxylic acids is 1. The highest BCUT2D eigenvalue weighted by Crippen LogP contribution is 2.22. The van der Waals surface area contributed by atoms with Crippen molar-refractivity contribution in [1.29, 1.82) is 0 Å². The minimum Gasteiger partial charge on any atom is -0.355 e. The summed E-state index contributed by atoms with van der Waals surface area (Å²) >= 11 is 0. The van der Waals surface area contributed by atoms with E-state index in [9.17, 15) is 4.79 Å². The van der Waals surface area contributed by atoms with Gasteiger partial charge in [0.2, 0.25) is 5.91 Å². The van der Waals surface area contributed by atoms with Crippen LogP contribution in [0, 0.1) is 11.3 Å². The first-order valence-electron chi connectivity index (χ1n) is 7.03. The molecule has 17 heavy (non-hydrogen) atoms. The van der Waals surface area contributed by atoms with Crippen LogP contribution < -0.4 is 10.6 Å². The normalized spacial score (nSPS) is 20.5. The second kappa shape index (κ2) is 7.00. The molecule has 1 saturated heterocycles. The third-order valence-electron chi connectivity index (χ3n) is 3.63. The highest BCUT2D eigenvalue weighted by molar-refractivity contribution is 5.79. The summed E-state index contributed by atoms with van der Waals surface area (Å²) in [7, 11) is 0. The molecule has 0 aromatic heterocycles. The van der Waals surface area contributed by atoms with Crippen LogP contribution in [-0.4, -0.2) is 25.5 Å². The lowest BCUT2D eigenvalue weighted by Gasteiger charge is -2.25. The van der Waals surface area contributed by atoms with Crippen molar-refractivity contribution in [3.8, 4) is 0 Å². The molecule has 1 aliphatic heterocycles. The summed E-state index contributed by atoms with van der Waals surface area (Å²) in [5, 5.41) is 6.34. The summed E-state index contributed by atoms with van der Waals surface area (Å²) in [6, 6.07) is 0. The highest BCUT2D eigenvalue weighted by Gasteiger charge is 2.24. The monoisotopic (exact) mass is 240 g/mol. The summed E-state index contributed by atoms with van der Waals surface area (Å²) < 4.78 is 0. The Morgan fingerprint density at radius 1 is 1.41 bits per heavy atom. The van der Waals surface area contributed by atoms with E-state index in [1.807, 2.05) is 0 Å². The van der Waals surface area contributed by atoms with Crippen LogP contribution in [0.15, 0.2) is 0 Å². The minimum absolute atomic E-state index is 0.196. The SMILES string of the molecule is CCCCCC(C)(C)CNC(=O)C1CCNC1. The molecule has 2 N–H and O–H groups in total. The molecule has 1 fully saturated rings. The highest BCUT2D eigenvalue weighted by atomic mass is 16.1. The number of hydrogen-bond donors (Lipinski definition) is 2. The summed E-state index contributed by atoms with van der Waals surface area (Å²) in [5.41, 5.74) is 0.233. The van der Waals surface area contributed by atoms with Crippen molar-refractivity contribution in [1.82, 2.24) is 10.6 Å². The molecule has 0 aliphatic carbocycles. The van der Waals surface area contributed by atoms with Crippen molar-refractivity contribution in [2.75, 3.05) is 19.6 Å². The van der Waals surface area contributed by atoms with E-state index in [0.29, 0.717) is 0 Å². The van der Waals surface area contributed by atoms with Crippen LogP contribution in [-0.2, 0) is 4.79 Å². The van der Waals surface area contributed by atoms with E-state index in [-0.39, 0.29) is 17.2 Å². The minimum atomic E-state index is 0.196. The van der Waals surface area contributed by atoms with Crippen molar-refractivity contribution in [3.05, 3.63) is 0 Å². The molecule has 1 aliphatic rings. The Balaban J connectivity index is 2.20. The van der Waals surface area contributed by atoms with Crippen molar-refractivity contribution < 1.29 is 4.79 Å². The van der Waals surface area contributed by atoms with E-state index in [0.717, 1.165) is 26.1 Å². The van der Waals surface area contributed by atoms with Crippen molar-refractivity contribution in [3.63, 3.8) is 0 Å². The van der Waals surface area contributed by atoms with Gasteiger partial charge in [-0.3, -0.25) is 4.79 Å². The molecular formula is C14H28N2O. The van der Waals surface area contributed by atoms with Gasteiger partial charge in [0, 0.05) is 13.1 Å². The fourth-order valence-electron chi connectivity index (χ4n) is 2.29. The van der Waals surface area contributed by atoms with Crippen LogP contribution in [0.3, 0.4) is 0 Å². The van der Waals surface area contributed by atoms with Gasteiger partial charge in [-0.2, -0.15) is 0 Å². The Morgan fingerprint density at radius 3 is 2.76 bits per heavy atom. The van der Waals surface area contributed by atoms with Crippen LogP contribution >= 0.6 is 0 Å². The average Bonchev–Trinajstić information content (AvgIpc) is 2.80. The molecule has 0 radical (unpaired) electrons. The third-order valence-corrected chi connectivity index (χ3v) is 3.63. The molecule has 0 aromatic rings. The largest absolute Gasteiger partial charge is 0.355 e. The van der Waals surface area contributed by atoms with Gasteiger partial charge in [0.15, 0.2) is 0 Å². The van der Waals surface area contributed by atoms with E-state index in [1.165, 1.54) is 25.7 Å². The first-order chi connectivity index (χ1) is 8.05. The topological polar surface area (TPSA) is 41.1 Å². The van der Waals surface area contributed by atoms with Crippen LogP contribution in [0.2, 0.25) is 0 Å². The predicted molar refractivity (Wildman–Crippen MR) is 71.9 cm³/mol. The standard InChI is InChI=1S/C14H28N2O/c1-4-5-6-8-14(2,3)11-16-13(17)12-7-9-15-10-12/h12,15H,4-11H2,1-3H3,(H,16,17). The van der Waals surface area contributed by atoms with E-state index < -0.39 is 0 Å². The Hall–Kier alpha value is -0.570. The molecule has 1 rings (SSSR count). The molecule has 0 spiro atoms. The quantitative estimate of drug-likeness (QED) is 0.671. The zero-order valence-electron chi connectivity index (χ0n) is 11.6. The summed E-state index contributed by atoms with van der Waals surface area (Å²) in [4.78, 5) is 11.9. The van der Waals surface area contributed by atoms with Crippen molar-refractivity contribution in [2.45, 2.75) is 52.9 Å². The fraction of sp³-hybridized carbons (Fsp3) is 0.929. The first-order valence-corrected chi connectivity index (χ1v) is 7.03. The Kier molecular flexibility index (Phi) is 5.96. The van der Waals surface area contributed by atoms with E-state index in [1.54, 1.807) is 0 Å². The van der Waals surface area contributed by atoms with Gasteiger partial charge < -0.3 is 10.6 Å². The second-order valence-electron chi connectivity index (χ2n) is 6.03. The lowest BCUT2D eigenvalue weighted by atomic mass is 9.86. The average molecular weight is 240 g/mol. The molecule has 3 nitrogen and oxygen atoms in total. The van der Waals surface area contributed by atoms with Crippen molar-refractivity contribution >= 4 is 5.91 Å². The van der Waals surface area contributed by atoms with Gasteiger partial charge >= 0.3 is 0 Å². The van der Waals surface area contributed by atoms with Gasteiger partial charge in [-0.15, -0.1) is 0 Å². The lowest BCUT2D eigenvalue weighted by molar-refractivity contribution is -0.124. The van der Waals surface area contributed by atoms with Gasteiger partial charge in [-0.05, 0) is 24.8 Å². The number of hydrogen-bond acceptors (Lipinski definition) is 2. The molecule has 0 saturated carbocycles. The number of unbranched alkanes of at least 4 members (excludes halogenated alkanes) is 2. The van der Waals surface area contributed by atoms with Gasteiger partial charge in [0.05, 0.1) is 5.92 Å². The maximum absolute atomic E-state index is 11.9. The third kappa shape index (κ3) is 5.53. The number of amides is 1. The van der Waals surface area contributed by atoms with E-state index in [2.05, 4.69) is 31.4 Å². The Bertz CT molecular complexity index is 232. The van der Waals surface area contributed by atoms with E-state index in [4.69, 9.17) is 0 Å². The van der Waals surface area contributed by atoms with Crippen LogP contribution in [0.25, 0.3) is 0 Å². The van der Waals surface area contributed by atoms with Gasteiger partial charge in [0.1, 0.15) is 0 Å². The summed E-state index contributed by atoms with van der Waals surface area (Å²) in [6.45, 7) is 9.36. The smallest absolute Gasteiger partial charge is 0.224 e. The second-order valence-corrected chi connectivity index (χ2v) is 6.03. The van der Waals surface area contributed by atoms with Crippen LogP contribution in [0.1, 0.15) is 52.9 Å². The van der Waals surface area contributed by atoms with E-state index >= 15 is 0 Å². The Morgan fingerprint density at radius 2 is 2.18 bits per heavy atom. The molecule has 0 aromatic carbocycles. The zero-order chi connectivity index (χ0) is 12.7. The van der Waals surface area contributed by atoms with Crippen LogP contribution in [0.4, 0.5) is 0 Å². The van der Waals surface area contributed by atoms with Gasteiger partial charge in [0.25, 0.3) is 0 Å². The Labute approximate surface area is 106 Å². The molecule has 0 bridgehead atoms. The molecule has 1 unspecified atom stereocenters. The maximum Gasteiger partial charge on any atom is 0.224 e. The molecular weight excluding hydrogens is 212 g/mol. The number of rotatable bonds is 7. The molecule has 1 atom stereocenters. The first kappa shape index (κ1) is 14.5. The molecule has 100 valence electrons. The van der Waals surface area contributed by atoms with Crippen LogP contribution in [0.5, 0.6) is 0 Å². The fourth-order valence-corrected chi connectivity index (χ4v) is 2.29. The van der Waals surface area contributed by atoms with Gasteiger partial charge in [-0.25, -0.2) is 0 Å². The van der Waals surface area contributed by atoms with Gasteiger partial charge in [-0.1, -0.05) is 40.0 Å². The summed E-state index contributed by atoms with van der Waals surface area (Å²) in [5.74, 6) is 0.431. The molecule has 1 amide bonds. The number of carbonyl (C=O) groups is 1.